The van der Waals surface area contributed by atoms with E-state index in [0.29, 0.717) is 17.8 Å². The highest BCUT2D eigenvalue weighted by atomic mass is 19.1. The van der Waals surface area contributed by atoms with Crippen LogP contribution in [0.15, 0.2) is 42.5 Å². The van der Waals surface area contributed by atoms with Crippen LogP contribution in [-0.4, -0.2) is 18.4 Å². The van der Waals surface area contributed by atoms with Gasteiger partial charge in [-0.2, -0.15) is 0 Å². The molecule has 0 spiro atoms. The summed E-state index contributed by atoms with van der Waals surface area (Å²) in [6, 6.07) is 11.0. The minimum absolute atomic E-state index is 0.00397. The zero-order valence-electron chi connectivity index (χ0n) is 12.1. The number of hydrogen-bond acceptors (Lipinski definition) is 2. The molecular formula is C17H15FN2O2. The van der Waals surface area contributed by atoms with Crippen molar-refractivity contribution in [2.75, 3.05) is 16.8 Å². The van der Waals surface area contributed by atoms with Crippen molar-refractivity contribution < 1.29 is 14.0 Å². The molecule has 5 heteroatoms. The second-order valence-electron chi connectivity index (χ2n) is 5.23. The average molecular weight is 298 g/mol. The third-order valence-electron chi connectivity index (χ3n) is 3.70. The first-order valence-electron chi connectivity index (χ1n) is 7.02. The van der Waals surface area contributed by atoms with Crippen molar-refractivity contribution in [3.05, 3.63) is 59.4 Å². The summed E-state index contributed by atoms with van der Waals surface area (Å²) in [4.78, 5) is 25.4. The Balaban J connectivity index is 1.81. The van der Waals surface area contributed by atoms with Gasteiger partial charge in [-0.3, -0.25) is 9.59 Å². The third-order valence-corrected chi connectivity index (χ3v) is 3.70. The largest absolute Gasteiger partial charge is 0.322 e. The fourth-order valence-electron chi connectivity index (χ4n) is 2.64. The van der Waals surface area contributed by atoms with E-state index in [2.05, 4.69) is 5.32 Å². The lowest BCUT2D eigenvalue weighted by molar-refractivity contribution is -0.116. The molecule has 0 atom stereocenters. The fraction of sp³-hybridized carbons (Fsp3) is 0.176. The maximum atomic E-state index is 13.1. The fourth-order valence-corrected chi connectivity index (χ4v) is 2.64. The number of benzene rings is 2. The highest BCUT2D eigenvalue weighted by Crippen LogP contribution is 2.29. The number of amides is 2. The quantitative estimate of drug-likeness (QED) is 0.926. The SMILES string of the molecule is CC(=O)N1CCc2cc(C(=O)Nc3cccc(F)c3)ccc21. The first-order valence-corrected chi connectivity index (χ1v) is 7.02. The maximum absolute atomic E-state index is 13.1. The Morgan fingerprint density at radius 1 is 1.18 bits per heavy atom. The Hall–Kier alpha value is -2.69. The average Bonchev–Trinajstić information content (AvgIpc) is 2.90. The van der Waals surface area contributed by atoms with Crippen LogP contribution in [0.4, 0.5) is 15.8 Å². The molecule has 1 aliphatic heterocycles. The molecule has 1 heterocycles. The van der Waals surface area contributed by atoms with Crippen LogP contribution in [-0.2, 0) is 11.2 Å². The number of hydrogen-bond donors (Lipinski definition) is 1. The molecule has 2 aromatic rings. The van der Waals surface area contributed by atoms with Crippen LogP contribution in [0.2, 0.25) is 0 Å². The number of carbonyl (C=O) groups is 2. The van der Waals surface area contributed by atoms with Crippen LogP contribution >= 0.6 is 0 Å². The summed E-state index contributed by atoms with van der Waals surface area (Å²) in [5.41, 5.74) is 2.74. The van der Waals surface area contributed by atoms with Gasteiger partial charge >= 0.3 is 0 Å². The normalized spacial score (nSPS) is 12.9. The molecule has 0 fully saturated rings. The van der Waals surface area contributed by atoms with E-state index in [1.54, 1.807) is 35.2 Å². The van der Waals surface area contributed by atoms with Crippen LogP contribution in [0.1, 0.15) is 22.8 Å². The lowest BCUT2D eigenvalue weighted by Crippen LogP contribution is -2.25. The van der Waals surface area contributed by atoms with E-state index >= 15 is 0 Å². The summed E-state index contributed by atoms with van der Waals surface area (Å²) in [5, 5.41) is 2.66. The standard InChI is InChI=1S/C17H15FN2O2/c1-11(21)20-8-7-12-9-13(5-6-16(12)20)17(22)19-15-4-2-3-14(18)10-15/h2-6,9-10H,7-8H2,1H3,(H,19,22). The van der Waals surface area contributed by atoms with Crippen LogP contribution in [0.25, 0.3) is 0 Å². The van der Waals surface area contributed by atoms with E-state index in [1.807, 2.05) is 0 Å². The monoisotopic (exact) mass is 298 g/mol. The molecular weight excluding hydrogens is 283 g/mol. The van der Waals surface area contributed by atoms with Gasteiger partial charge in [-0.25, -0.2) is 4.39 Å². The molecule has 0 aromatic heterocycles. The summed E-state index contributed by atoms with van der Waals surface area (Å²) >= 11 is 0. The molecule has 3 rings (SSSR count). The van der Waals surface area contributed by atoms with Crippen LogP contribution < -0.4 is 10.2 Å². The van der Waals surface area contributed by atoms with Gasteiger partial charge in [0.2, 0.25) is 5.91 Å². The van der Waals surface area contributed by atoms with Crippen molar-refractivity contribution in [2.24, 2.45) is 0 Å². The number of nitrogens with one attached hydrogen (secondary N) is 1. The first kappa shape index (κ1) is 14.3. The number of rotatable bonds is 2. The Kier molecular flexibility index (Phi) is 3.63. The van der Waals surface area contributed by atoms with Crippen molar-refractivity contribution in [3.63, 3.8) is 0 Å². The lowest BCUT2D eigenvalue weighted by atomic mass is 10.1. The van der Waals surface area contributed by atoms with Crippen LogP contribution in [0.3, 0.4) is 0 Å². The zero-order valence-corrected chi connectivity index (χ0v) is 12.1. The molecule has 0 unspecified atom stereocenters. The van der Waals surface area contributed by atoms with Gasteiger partial charge in [0.1, 0.15) is 5.82 Å². The van der Waals surface area contributed by atoms with Crippen molar-refractivity contribution >= 4 is 23.2 Å². The van der Waals surface area contributed by atoms with E-state index in [1.165, 1.54) is 19.1 Å². The van der Waals surface area contributed by atoms with E-state index in [9.17, 15) is 14.0 Å². The Morgan fingerprint density at radius 2 is 2.00 bits per heavy atom. The molecule has 112 valence electrons. The van der Waals surface area contributed by atoms with E-state index in [-0.39, 0.29) is 11.8 Å². The second kappa shape index (κ2) is 5.60. The molecule has 0 radical (unpaired) electrons. The second-order valence-corrected chi connectivity index (χ2v) is 5.23. The highest BCUT2D eigenvalue weighted by molar-refractivity contribution is 6.05. The topological polar surface area (TPSA) is 49.4 Å². The minimum Gasteiger partial charge on any atom is -0.322 e. The Bertz CT molecular complexity index is 758. The van der Waals surface area contributed by atoms with Gasteiger partial charge in [0.05, 0.1) is 0 Å². The van der Waals surface area contributed by atoms with E-state index < -0.39 is 5.82 Å². The van der Waals surface area contributed by atoms with Gasteiger partial charge < -0.3 is 10.2 Å². The molecule has 0 saturated carbocycles. The minimum atomic E-state index is -0.399. The van der Waals surface area contributed by atoms with Gasteiger partial charge in [-0.15, -0.1) is 0 Å². The van der Waals surface area contributed by atoms with Gasteiger partial charge in [-0.05, 0) is 48.4 Å². The number of halogens is 1. The van der Waals surface area contributed by atoms with Crippen molar-refractivity contribution in [3.8, 4) is 0 Å². The Morgan fingerprint density at radius 3 is 2.73 bits per heavy atom. The van der Waals surface area contributed by atoms with Crippen LogP contribution in [0, 0.1) is 5.82 Å². The van der Waals surface area contributed by atoms with Gasteiger partial charge in [0, 0.05) is 30.4 Å². The number of anilines is 2. The predicted octanol–water partition coefficient (Wildman–Crippen LogP) is 2.99. The van der Waals surface area contributed by atoms with Crippen molar-refractivity contribution in [1.29, 1.82) is 0 Å². The molecule has 0 bridgehead atoms. The molecule has 1 aliphatic rings. The summed E-state index contributed by atoms with van der Waals surface area (Å²) < 4.78 is 13.1. The number of fused-ring (bicyclic) bond motifs is 1. The summed E-state index contributed by atoms with van der Waals surface area (Å²) in [6.45, 7) is 2.17. The molecule has 22 heavy (non-hydrogen) atoms. The zero-order chi connectivity index (χ0) is 15.7. The maximum Gasteiger partial charge on any atom is 0.255 e. The summed E-state index contributed by atoms with van der Waals surface area (Å²) in [6.07, 6.45) is 0.732. The smallest absolute Gasteiger partial charge is 0.255 e. The molecule has 2 aromatic carbocycles. The predicted molar refractivity (Wildman–Crippen MR) is 82.5 cm³/mol. The lowest BCUT2D eigenvalue weighted by Gasteiger charge is -2.14. The molecule has 2 amide bonds. The van der Waals surface area contributed by atoms with E-state index in [4.69, 9.17) is 0 Å². The van der Waals surface area contributed by atoms with Crippen LogP contribution in [0.5, 0.6) is 0 Å². The first-order chi connectivity index (χ1) is 10.5. The van der Waals surface area contributed by atoms with Gasteiger partial charge in [0.25, 0.3) is 5.91 Å². The van der Waals surface area contributed by atoms with Crippen molar-refractivity contribution in [1.82, 2.24) is 0 Å². The number of nitrogens with zero attached hydrogens (tertiary/aromatic N) is 1. The molecule has 4 nitrogen and oxygen atoms in total. The summed E-state index contributed by atoms with van der Waals surface area (Å²) in [7, 11) is 0. The summed E-state index contributed by atoms with van der Waals surface area (Å²) in [5.74, 6) is -0.700. The molecule has 0 aliphatic carbocycles. The van der Waals surface area contributed by atoms with Gasteiger partial charge in [0.15, 0.2) is 0 Å². The number of carbonyl (C=O) groups excluding carboxylic acids is 2. The van der Waals surface area contributed by atoms with Gasteiger partial charge in [-0.1, -0.05) is 6.07 Å². The third kappa shape index (κ3) is 2.70. The Labute approximate surface area is 127 Å². The highest BCUT2D eigenvalue weighted by Gasteiger charge is 2.23. The molecule has 1 N–H and O–H groups in total. The van der Waals surface area contributed by atoms with Crippen molar-refractivity contribution in [2.45, 2.75) is 13.3 Å². The van der Waals surface area contributed by atoms with E-state index in [0.717, 1.165) is 17.7 Å². The molecule has 0 saturated heterocycles.